The second kappa shape index (κ2) is 9.66. The number of rotatable bonds is 6. The van der Waals surface area contributed by atoms with Crippen molar-refractivity contribution in [2.75, 3.05) is 11.9 Å². The molecule has 11 heteroatoms. The van der Waals surface area contributed by atoms with Gasteiger partial charge in [0.1, 0.15) is 0 Å². The van der Waals surface area contributed by atoms with Crippen molar-refractivity contribution in [1.82, 2.24) is 25.3 Å². The molecule has 0 atom stereocenters. The Labute approximate surface area is 215 Å². The summed E-state index contributed by atoms with van der Waals surface area (Å²) in [7, 11) is 0. The Bertz CT molecular complexity index is 1570. The van der Waals surface area contributed by atoms with Gasteiger partial charge in [-0.1, -0.05) is 29.5 Å². The molecule has 1 aliphatic rings. The lowest BCUT2D eigenvalue weighted by Gasteiger charge is -2.12. The molecule has 38 heavy (non-hydrogen) atoms. The van der Waals surface area contributed by atoms with E-state index in [-0.39, 0.29) is 17.4 Å². The SMILES string of the molecule is Cc1[nH]c(/C=C2\C(=O)Nc3cccc(-c4cccc(C(F)(F)F)c4)c32)c(C)c1C(=O)NCCn1ccnn1. The zero-order valence-electron chi connectivity index (χ0n) is 20.5. The maximum Gasteiger partial charge on any atom is 0.416 e. The van der Waals surface area contributed by atoms with E-state index in [1.165, 1.54) is 6.07 Å². The third-order valence-electron chi connectivity index (χ3n) is 6.42. The summed E-state index contributed by atoms with van der Waals surface area (Å²) in [5.74, 6) is -0.660. The minimum Gasteiger partial charge on any atom is -0.358 e. The molecule has 1 aliphatic heterocycles. The van der Waals surface area contributed by atoms with E-state index in [0.717, 1.165) is 12.1 Å². The molecule has 0 saturated carbocycles. The molecule has 4 aromatic rings. The van der Waals surface area contributed by atoms with Crippen LogP contribution in [0.1, 0.15) is 38.4 Å². The molecule has 0 bridgehead atoms. The molecule has 0 fully saturated rings. The molecule has 3 heterocycles. The van der Waals surface area contributed by atoms with Crippen LogP contribution in [0.2, 0.25) is 0 Å². The highest BCUT2D eigenvalue weighted by atomic mass is 19.4. The van der Waals surface area contributed by atoms with Crippen molar-refractivity contribution in [3.05, 3.63) is 88.5 Å². The van der Waals surface area contributed by atoms with Crippen molar-refractivity contribution in [2.45, 2.75) is 26.6 Å². The third kappa shape index (κ3) is 4.70. The fourth-order valence-corrected chi connectivity index (χ4v) is 4.62. The van der Waals surface area contributed by atoms with E-state index in [4.69, 9.17) is 0 Å². The number of aromatic amines is 1. The fourth-order valence-electron chi connectivity index (χ4n) is 4.62. The number of aromatic nitrogens is 4. The van der Waals surface area contributed by atoms with Gasteiger partial charge < -0.3 is 15.6 Å². The average molecular weight is 521 g/mol. The molecular weight excluding hydrogens is 497 g/mol. The monoisotopic (exact) mass is 520 g/mol. The molecule has 0 radical (unpaired) electrons. The molecule has 3 N–H and O–H groups in total. The van der Waals surface area contributed by atoms with E-state index < -0.39 is 11.7 Å². The second-order valence-electron chi connectivity index (χ2n) is 8.90. The maximum atomic E-state index is 13.4. The summed E-state index contributed by atoms with van der Waals surface area (Å²) in [5, 5.41) is 13.2. The highest BCUT2D eigenvalue weighted by molar-refractivity contribution is 6.36. The average Bonchev–Trinajstić information content (AvgIpc) is 3.57. The van der Waals surface area contributed by atoms with Crippen molar-refractivity contribution in [3.8, 4) is 11.1 Å². The van der Waals surface area contributed by atoms with E-state index in [1.54, 1.807) is 61.3 Å². The standard InChI is InChI=1S/C27H23F3N6O2/c1-15-22(33-16(2)23(15)26(38)31-9-11-36-12-10-32-35-36)14-20-24-19(7-4-8-21(24)34-25(20)37)17-5-3-6-18(13-17)27(28,29)30/h3-8,10,12-14,33H,9,11H2,1-2H3,(H,31,38)(H,34,37)/b20-14-. The molecule has 0 saturated heterocycles. The van der Waals surface area contributed by atoms with Crippen molar-refractivity contribution >= 4 is 29.2 Å². The maximum absolute atomic E-state index is 13.4. The van der Waals surface area contributed by atoms with E-state index >= 15 is 0 Å². The predicted molar refractivity (Wildman–Crippen MR) is 136 cm³/mol. The van der Waals surface area contributed by atoms with Gasteiger partial charge in [0.2, 0.25) is 0 Å². The Morgan fingerprint density at radius 1 is 1.16 bits per heavy atom. The fraction of sp³-hybridized carbons (Fsp3) is 0.185. The van der Waals surface area contributed by atoms with E-state index in [1.807, 2.05) is 0 Å². The van der Waals surface area contributed by atoms with Crippen molar-refractivity contribution < 1.29 is 22.8 Å². The van der Waals surface area contributed by atoms with Crippen LogP contribution < -0.4 is 10.6 Å². The van der Waals surface area contributed by atoms with Gasteiger partial charge in [-0.2, -0.15) is 13.2 Å². The normalized spacial score (nSPS) is 14.0. The minimum absolute atomic E-state index is 0.276. The number of nitrogens with one attached hydrogen (secondary N) is 3. The number of carbonyl (C=O) groups is 2. The summed E-state index contributed by atoms with van der Waals surface area (Å²) >= 11 is 0. The number of carbonyl (C=O) groups excluding carboxylic acids is 2. The first-order chi connectivity index (χ1) is 18.1. The third-order valence-corrected chi connectivity index (χ3v) is 6.42. The summed E-state index contributed by atoms with van der Waals surface area (Å²) in [6, 6.07) is 10.1. The largest absolute Gasteiger partial charge is 0.416 e. The van der Waals surface area contributed by atoms with Crippen LogP contribution in [0, 0.1) is 13.8 Å². The van der Waals surface area contributed by atoms with Crippen LogP contribution in [0.4, 0.5) is 18.9 Å². The molecular formula is C27H23F3N6O2. The molecule has 2 aromatic heterocycles. The molecule has 0 aliphatic carbocycles. The van der Waals surface area contributed by atoms with Gasteiger partial charge in [-0.3, -0.25) is 14.3 Å². The summed E-state index contributed by atoms with van der Waals surface area (Å²) < 4.78 is 41.7. The van der Waals surface area contributed by atoms with Crippen LogP contribution in [0.25, 0.3) is 22.8 Å². The van der Waals surface area contributed by atoms with Gasteiger partial charge in [0, 0.05) is 35.4 Å². The Balaban J connectivity index is 1.49. The lowest BCUT2D eigenvalue weighted by atomic mass is 9.93. The number of hydrogen-bond donors (Lipinski definition) is 3. The first-order valence-electron chi connectivity index (χ1n) is 11.8. The van der Waals surface area contributed by atoms with Crippen LogP contribution in [-0.4, -0.2) is 38.3 Å². The number of alkyl halides is 3. The van der Waals surface area contributed by atoms with Crippen molar-refractivity contribution in [2.24, 2.45) is 0 Å². The number of H-pyrrole nitrogens is 1. The van der Waals surface area contributed by atoms with Crippen LogP contribution in [0.3, 0.4) is 0 Å². The first-order valence-corrected chi connectivity index (χ1v) is 11.8. The number of benzene rings is 2. The lowest BCUT2D eigenvalue weighted by molar-refractivity contribution is -0.137. The highest BCUT2D eigenvalue weighted by Crippen LogP contribution is 2.42. The van der Waals surface area contributed by atoms with Crippen LogP contribution in [0.15, 0.2) is 54.9 Å². The number of amides is 2. The van der Waals surface area contributed by atoms with Crippen LogP contribution in [-0.2, 0) is 17.5 Å². The molecule has 2 aromatic carbocycles. The number of hydrogen-bond acceptors (Lipinski definition) is 4. The second-order valence-corrected chi connectivity index (χ2v) is 8.90. The van der Waals surface area contributed by atoms with Gasteiger partial charge in [0.05, 0.1) is 29.4 Å². The summed E-state index contributed by atoms with van der Waals surface area (Å²) in [6.07, 6.45) is 0.387. The van der Waals surface area contributed by atoms with Gasteiger partial charge in [-0.25, -0.2) is 0 Å². The first kappa shape index (κ1) is 25.0. The smallest absolute Gasteiger partial charge is 0.358 e. The van der Waals surface area contributed by atoms with Gasteiger partial charge in [-0.15, -0.1) is 5.10 Å². The molecule has 194 valence electrons. The lowest BCUT2D eigenvalue weighted by Crippen LogP contribution is -2.28. The molecule has 5 rings (SSSR count). The quantitative estimate of drug-likeness (QED) is 0.317. The summed E-state index contributed by atoms with van der Waals surface area (Å²) in [4.78, 5) is 29.1. The molecule has 0 spiro atoms. The summed E-state index contributed by atoms with van der Waals surface area (Å²) in [5.41, 5.74) is 3.63. The number of fused-ring (bicyclic) bond motifs is 1. The topological polar surface area (TPSA) is 105 Å². The zero-order chi connectivity index (χ0) is 27.0. The van der Waals surface area contributed by atoms with Gasteiger partial charge in [-0.05, 0) is 54.8 Å². The number of nitrogens with zero attached hydrogens (tertiary/aromatic N) is 3. The van der Waals surface area contributed by atoms with Gasteiger partial charge >= 0.3 is 6.18 Å². The van der Waals surface area contributed by atoms with Crippen LogP contribution in [0.5, 0.6) is 0 Å². The van der Waals surface area contributed by atoms with Crippen molar-refractivity contribution in [3.63, 3.8) is 0 Å². The van der Waals surface area contributed by atoms with Crippen LogP contribution >= 0.6 is 0 Å². The minimum atomic E-state index is -4.49. The van der Waals surface area contributed by atoms with Gasteiger partial charge in [0.15, 0.2) is 0 Å². The van der Waals surface area contributed by atoms with E-state index in [0.29, 0.717) is 58.0 Å². The number of halogens is 3. The zero-order valence-corrected chi connectivity index (χ0v) is 20.5. The van der Waals surface area contributed by atoms with Gasteiger partial charge in [0.25, 0.3) is 11.8 Å². The number of anilines is 1. The Morgan fingerprint density at radius 2 is 1.95 bits per heavy atom. The Hall–Kier alpha value is -4.67. The van der Waals surface area contributed by atoms with E-state index in [9.17, 15) is 22.8 Å². The van der Waals surface area contributed by atoms with Crippen molar-refractivity contribution in [1.29, 1.82) is 0 Å². The summed E-state index contributed by atoms with van der Waals surface area (Å²) in [6.45, 7) is 4.34. The van der Waals surface area contributed by atoms with E-state index in [2.05, 4.69) is 25.9 Å². The Morgan fingerprint density at radius 3 is 2.68 bits per heavy atom. The predicted octanol–water partition coefficient (Wildman–Crippen LogP) is 4.83. The Kier molecular flexibility index (Phi) is 6.35. The highest BCUT2D eigenvalue weighted by Gasteiger charge is 2.32. The molecule has 2 amide bonds. The number of aryl methyl sites for hydroxylation is 1. The molecule has 0 unspecified atom stereocenters. The molecule has 8 nitrogen and oxygen atoms in total.